The molecule has 3 aliphatic rings. The number of nitrogens with two attached hydrogens (primary N) is 1. The van der Waals surface area contributed by atoms with E-state index in [2.05, 4.69) is 180 Å². The molecule has 302 valence electrons. The van der Waals surface area contributed by atoms with Gasteiger partial charge < -0.3 is 5.73 Å². The van der Waals surface area contributed by atoms with Crippen LogP contribution in [0, 0.1) is 23.7 Å². The van der Waals surface area contributed by atoms with Gasteiger partial charge in [0, 0.05) is 0 Å². The fourth-order valence-electron chi connectivity index (χ4n) is 8.67. The molecule has 0 spiro atoms. The van der Waals surface area contributed by atoms with E-state index in [0.29, 0.717) is 5.92 Å². The number of allylic oxidation sites excluding steroid dienone is 12. The highest BCUT2D eigenvalue weighted by Gasteiger charge is 2.26. The lowest BCUT2D eigenvalue weighted by Crippen LogP contribution is -2.20. The van der Waals surface area contributed by atoms with Gasteiger partial charge in [0.2, 0.25) is 0 Å². The normalized spacial score (nSPS) is 21.4. The number of rotatable bonds is 12. The van der Waals surface area contributed by atoms with Crippen molar-refractivity contribution in [1.82, 2.24) is 0 Å². The molecule has 0 heterocycles. The Morgan fingerprint density at radius 1 is 0.690 bits per heavy atom. The molecule has 3 aliphatic carbocycles. The Balaban J connectivity index is 0.00000107. The van der Waals surface area contributed by atoms with E-state index in [1.807, 2.05) is 0 Å². The molecular weight excluding hydrogens is 699 g/mol. The summed E-state index contributed by atoms with van der Waals surface area (Å²) in [6.07, 6.45) is 35.0. The molecule has 3 atom stereocenters. The third-order valence-corrected chi connectivity index (χ3v) is 12.5. The van der Waals surface area contributed by atoms with Crippen molar-refractivity contribution in [2.45, 2.75) is 105 Å². The van der Waals surface area contributed by atoms with Gasteiger partial charge in [-0.3, -0.25) is 0 Å². The van der Waals surface area contributed by atoms with Crippen LogP contribution in [-0.4, -0.2) is 6.54 Å². The van der Waals surface area contributed by atoms with E-state index in [4.69, 9.17) is 5.73 Å². The van der Waals surface area contributed by atoms with Gasteiger partial charge >= 0.3 is 0 Å². The Kier molecular flexibility index (Phi) is 16.2. The van der Waals surface area contributed by atoms with Crippen molar-refractivity contribution in [1.29, 1.82) is 0 Å². The second-order valence-corrected chi connectivity index (χ2v) is 17.0. The Labute approximate surface area is 352 Å². The SMILES string of the molecule is C/C=C\C(=C/CC)c1cccc(-c2cc(-c3cccc(C4=CCC(C5CCC5)C=C4)c3)cc(-c3cccc(C4=C/C(CC)CCC(C)C/C=C\4)c3)c2)c1.CCCCN. The van der Waals surface area contributed by atoms with Gasteiger partial charge in [0.05, 0.1) is 0 Å². The minimum Gasteiger partial charge on any atom is -0.330 e. The zero-order chi connectivity index (χ0) is 40.7. The highest BCUT2D eigenvalue weighted by Crippen LogP contribution is 2.40. The van der Waals surface area contributed by atoms with Crippen molar-refractivity contribution in [2.24, 2.45) is 29.4 Å². The fraction of sp³-hybridized carbons (Fsp3) is 0.368. The van der Waals surface area contributed by atoms with Gasteiger partial charge in [0.1, 0.15) is 0 Å². The number of hydrogen-bond acceptors (Lipinski definition) is 1. The van der Waals surface area contributed by atoms with Crippen LogP contribution in [0.1, 0.15) is 122 Å². The van der Waals surface area contributed by atoms with Crippen LogP contribution < -0.4 is 5.73 Å². The zero-order valence-corrected chi connectivity index (χ0v) is 36.2. The molecule has 1 nitrogen and oxygen atoms in total. The van der Waals surface area contributed by atoms with Crippen molar-refractivity contribution in [3.63, 3.8) is 0 Å². The van der Waals surface area contributed by atoms with E-state index in [-0.39, 0.29) is 0 Å². The largest absolute Gasteiger partial charge is 0.330 e. The highest BCUT2D eigenvalue weighted by molar-refractivity contribution is 5.86. The minimum absolute atomic E-state index is 0.612. The summed E-state index contributed by atoms with van der Waals surface area (Å²) in [5, 5.41) is 0. The average molecular weight is 768 g/mol. The van der Waals surface area contributed by atoms with Crippen molar-refractivity contribution < 1.29 is 0 Å². The molecule has 0 aliphatic heterocycles. The predicted molar refractivity (Wildman–Crippen MR) is 256 cm³/mol. The van der Waals surface area contributed by atoms with Crippen molar-refractivity contribution >= 4 is 16.7 Å². The lowest BCUT2D eigenvalue weighted by atomic mass is 9.73. The molecule has 2 N–H and O–H groups in total. The van der Waals surface area contributed by atoms with Crippen LogP contribution in [0.3, 0.4) is 0 Å². The molecule has 4 aromatic rings. The first-order valence-corrected chi connectivity index (χ1v) is 22.7. The third kappa shape index (κ3) is 11.5. The number of benzene rings is 4. The Morgan fingerprint density at radius 3 is 1.84 bits per heavy atom. The van der Waals surface area contributed by atoms with Gasteiger partial charge in [-0.25, -0.2) is 0 Å². The van der Waals surface area contributed by atoms with Crippen LogP contribution in [-0.2, 0) is 0 Å². The molecule has 0 aromatic heterocycles. The summed E-state index contributed by atoms with van der Waals surface area (Å²) < 4.78 is 0. The van der Waals surface area contributed by atoms with Gasteiger partial charge in [-0.15, -0.1) is 0 Å². The zero-order valence-electron chi connectivity index (χ0n) is 36.2. The van der Waals surface area contributed by atoms with Gasteiger partial charge in [0.15, 0.2) is 0 Å². The topological polar surface area (TPSA) is 26.0 Å². The summed E-state index contributed by atoms with van der Waals surface area (Å²) >= 11 is 0. The maximum absolute atomic E-state index is 5.14. The standard InChI is InChI=1S/C53H58.C4H11N/c1-5-13-40(14-6-2)45-19-10-22-48(32-45)51-35-52(49-23-11-20-46(33-49)43-29-27-42(28-30-43)41-16-9-17-41)37-53(36-51)50-24-12-21-47(34-50)44-18-8-15-38(4)25-26-39(7-3)31-44;1-2-3-4-5/h5,8,10-14,18-24,27,29-39,41-42H,6-7,9,15-17,25-26,28H2,1-4H3;2-5H2,1H3/b13-5-,18-8-,40-14+,44-31+;. The van der Waals surface area contributed by atoms with Gasteiger partial charge in [-0.05, 0) is 198 Å². The third-order valence-electron chi connectivity index (χ3n) is 12.5. The van der Waals surface area contributed by atoms with Crippen LogP contribution in [0.4, 0.5) is 0 Å². The molecule has 1 heteroatoms. The summed E-state index contributed by atoms with van der Waals surface area (Å²) in [5.74, 6) is 2.96. The lowest BCUT2D eigenvalue weighted by molar-refractivity contribution is 0.242. The first kappa shape index (κ1) is 42.9. The molecule has 1 fully saturated rings. The summed E-state index contributed by atoms with van der Waals surface area (Å²) in [4.78, 5) is 0. The van der Waals surface area contributed by atoms with Crippen molar-refractivity contribution in [3.05, 3.63) is 162 Å². The Hall–Kier alpha value is -4.72. The van der Waals surface area contributed by atoms with E-state index in [1.165, 1.54) is 125 Å². The maximum Gasteiger partial charge on any atom is -0.00774 e. The molecular formula is C57H69N. The Morgan fingerprint density at radius 2 is 1.31 bits per heavy atom. The number of hydrogen-bond donors (Lipinski definition) is 1. The molecule has 7 rings (SSSR count). The number of unbranched alkanes of at least 4 members (excludes halogenated alkanes) is 1. The summed E-state index contributed by atoms with van der Waals surface area (Å²) in [6.45, 7) is 12.0. The van der Waals surface area contributed by atoms with Crippen LogP contribution >= 0.6 is 0 Å². The van der Waals surface area contributed by atoms with Gasteiger partial charge in [-0.2, -0.15) is 0 Å². The molecule has 0 amide bonds. The van der Waals surface area contributed by atoms with Crippen LogP contribution in [0.15, 0.2) is 146 Å². The molecule has 58 heavy (non-hydrogen) atoms. The highest BCUT2D eigenvalue weighted by atomic mass is 14.5. The second-order valence-electron chi connectivity index (χ2n) is 17.0. The monoisotopic (exact) mass is 768 g/mol. The molecule has 3 unspecified atom stereocenters. The quantitative estimate of drug-likeness (QED) is 0.143. The van der Waals surface area contributed by atoms with Gasteiger partial charge in [-0.1, -0.05) is 150 Å². The van der Waals surface area contributed by atoms with E-state index in [1.54, 1.807) is 0 Å². The van der Waals surface area contributed by atoms with Crippen LogP contribution in [0.2, 0.25) is 0 Å². The van der Waals surface area contributed by atoms with Crippen LogP contribution in [0.25, 0.3) is 50.1 Å². The Bertz CT molecular complexity index is 2130. The molecule has 0 bridgehead atoms. The summed E-state index contributed by atoms with van der Waals surface area (Å²) in [6, 6.07) is 34.8. The summed E-state index contributed by atoms with van der Waals surface area (Å²) in [7, 11) is 0. The average Bonchev–Trinajstić information content (AvgIpc) is 3.34. The smallest absolute Gasteiger partial charge is 0.00774 e. The van der Waals surface area contributed by atoms with Crippen molar-refractivity contribution in [2.75, 3.05) is 6.54 Å². The van der Waals surface area contributed by atoms with Gasteiger partial charge in [0.25, 0.3) is 0 Å². The lowest BCUT2D eigenvalue weighted by Gasteiger charge is -2.33. The molecule has 0 saturated heterocycles. The minimum atomic E-state index is 0.612. The maximum atomic E-state index is 5.14. The molecule has 0 radical (unpaired) electrons. The van der Waals surface area contributed by atoms with E-state index < -0.39 is 0 Å². The second kappa shape index (κ2) is 21.9. The van der Waals surface area contributed by atoms with E-state index in [9.17, 15) is 0 Å². The van der Waals surface area contributed by atoms with Crippen LogP contribution in [0.5, 0.6) is 0 Å². The van der Waals surface area contributed by atoms with Crippen molar-refractivity contribution in [3.8, 4) is 33.4 Å². The molecule has 1 saturated carbocycles. The summed E-state index contributed by atoms with van der Waals surface area (Å²) in [5.41, 5.74) is 20.5. The fourth-order valence-corrected chi connectivity index (χ4v) is 8.67. The van der Waals surface area contributed by atoms with E-state index in [0.717, 1.165) is 37.1 Å². The first-order chi connectivity index (χ1) is 28.4. The first-order valence-electron chi connectivity index (χ1n) is 22.7. The van der Waals surface area contributed by atoms with E-state index >= 15 is 0 Å². The predicted octanol–water partition coefficient (Wildman–Crippen LogP) is 16.3. The molecule has 4 aromatic carbocycles.